The van der Waals surface area contributed by atoms with Crippen molar-refractivity contribution in [3.63, 3.8) is 0 Å². The van der Waals surface area contributed by atoms with Crippen molar-refractivity contribution >= 4 is 5.71 Å². The van der Waals surface area contributed by atoms with Gasteiger partial charge in [0.2, 0.25) is 0 Å². The smallest absolute Gasteiger partial charge is 0.289 e. The van der Waals surface area contributed by atoms with Gasteiger partial charge in [-0.25, -0.2) is 0 Å². The van der Waals surface area contributed by atoms with Gasteiger partial charge in [0.15, 0.2) is 0 Å². The molecule has 0 saturated carbocycles. The van der Waals surface area contributed by atoms with Gasteiger partial charge in [0.1, 0.15) is 0 Å². The van der Waals surface area contributed by atoms with Crippen LogP contribution in [0.5, 0.6) is 0 Å². The molecule has 0 bridgehead atoms. The van der Waals surface area contributed by atoms with Crippen molar-refractivity contribution in [1.29, 1.82) is 0 Å². The third kappa shape index (κ3) is 4.74. The topological polar surface area (TPSA) is 12.4 Å². The SMILES string of the molecule is CC(Cc1cccc(C(F)(F)F)c1)=NCc1ccccc1. The van der Waals surface area contributed by atoms with Crippen molar-refractivity contribution in [2.45, 2.75) is 26.1 Å². The summed E-state index contributed by atoms with van der Waals surface area (Å²) in [5, 5.41) is 0. The van der Waals surface area contributed by atoms with Gasteiger partial charge < -0.3 is 0 Å². The molecule has 0 atom stereocenters. The van der Waals surface area contributed by atoms with E-state index in [4.69, 9.17) is 0 Å². The second-order valence-electron chi connectivity index (χ2n) is 4.91. The summed E-state index contributed by atoms with van der Waals surface area (Å²) in [7, 11) is 0. The van der Waals surface area contributed by atoms with Gasteiger partial charge in [-0.2, -0.15) is 13.2 Å². The second-order valence-corrected chi connectivity index (χ2v) is 4.91. The summed E-state index contributed by atoms with van der Waals surface area (Å²) in [5.74, 6) is 0. The Bertz CT molecular complexity index is 615. The van der Waals surface area contributed by atoms with E-state index in [9.17, 15) is 13.2 Å². The van der Waals surface area contributed by atoms with E-state index in [-0.39, 0.29) is 0 Å². The quantitative estimate of drug-likeness (QED) is 0.710. The number of benzene rings is 2. The summed E-state index contributed by atoms with van der Waals surface area (Å²) < 4.78 is 37.9. The molecule has 0 aliphatic rings. The van der Waals surface area contributed by atoms with Crippen LogP contribution in [0.2, 0.25) is 0 Å². The van der Waals surface area contributed by atoms with Crippen molar-refractivity contribution in [2.75, 3.05) is 0 Å². The van der Waals surface area contributed by atoms with Gasteiger partial charge in [-0.05, 0) is 24.1 Å². The van der Waals surface area contributed by atoms with E-state index in [1.54, 1.807) is 6.07 Å². The van der Waals surface area contributed by atoms with Crippen LogP contribution >= 0.6 is 0 Å². The Labute approximate surface area is 122 Å². The van der Waals surface area contributed by atoms with E-state index in [1.807, 2.05) is 37.3 Å². The van der Waals surface area contributed by atoms with Crippen LogP contribution in [-0.4, -0.2) is 5.71 Å². The fourth-order valence-corrected chi connectivity index (χ4v) is 2.02. The average molecular weight is 291 g/mol. The highest BCUT2D eigenvalue weighted by Crippen LogP contribution is 2.29. The van der Waals surface area contributed by atoms with E-state index in [2.05, 4.69) is 4.99 Å². The fourth-order valence-electron chi connectivity index (χ4n) is 2.02. The first-order valence-corrected chi connectivity index (χ1v) is 6.65. The van der Waals surface area contributed by atoms with E-state index in [0.717, 1.165) is 17.3 Å². The van der Waals surface area contributed by atoms with Gasteiger partial charge in [0.05, 0.1) is 12.1 Å². The lowest BCUT2D eigenvalue weighted by Crippen LogP contribution is -2.06. The minimum Gasteiger partial charge on any atom is -0.289 e. The summed E-state index contributed by atoms with van der Waals surface area (Å²) >= 11 is 0. The van der Waals surface area contributed by atoms with Crippen LogP contribution in [0.25, 0.3) is 0 Å². The Kier molecular flexibility index (Phi) is 4.78. The van der Waals surface area contributed by atoms with E-state index < -0.39 is 11.7 Å². The number of nitrogens with zero attached hydrogens (tertiary/aromatic N) is 1. The zero-order chi connectivity index (χ0) is 15.3. The molecular formula is C17H16F3N. The maximum Gasteiger partial charge on any atom is 0.416 e. The van der Waals surface area contributed by atoms with Crippen LogP contribution in [0.15, 0.2) is 59.6 Å². The summed E-state index contributed by atoms with van der Waals surface area (Å²) in [6.45, 7) is 2.38. The molecule has 0 N–H and O–H groups in total. The lowest BCUT2D eigenvalue weighted by Gasteiger charge is -2.08. The first kappa shape index (κ1) is 15.3. The van der Waals surface area contributed by atoms with Gasteiger partial charge in [-0.15, -0.1) is 0 Å². The summed E-state index contributed by atoms with van der Waals surface area (Å²) in [6.07, 6.45) is -3.87. The second kappa shape index (κ2) is 6.57. The highest BCUT2D eigenvalue weighted by atomic mass is 19.4. The highest BCUT2D eigenvalue weighted by Gasteiger charge is 2.30. The minimum absolute atomic E-state index is 0.427. The molecule has 2 rings (SSSR count). The van der Waals surface area contributed by atoms with Crippen LogP contribution in [-0.2, 0) is 19.1 Å². The molecule has 0 spiro atoms. The van der Waals surface area contributed by atoms with E-state index in [1.165, 1.54) is 12.1 Å². The molecule has 0 aliphatic carbocycles. The summed E-state index contributed by atoms with van der Waals surface area (Å²) in [6, 6.07) is 15.1. The molecule has 0 aliphatic heterocycles. The molecule has 2 aromatic rings. The van der Waals surface area contributed by atoms with Crippen molar-refractivity contribution in [3.8, 4) is 0 Å². The molecule has 0 unspecified atom stereocenters. The Morgan fingerprint density at radius 1 is 0.952 bits per heavy atom. The Hall–Kier alpha value is -2.10. The lowest BCUT2D eigenvalue weighted by atomic mass is 10.1. The molecule has 2 aromatic carbocycles. The maximum atomic E-state index is 12.6. The molecule has 0 aromatic heterocycles. The largest absolute Gasteiger partial charge is 0.416 e. The molecular weight excluding hydrogens is 275 g/mol. The van der Waals surface area contributed by atoms with E-state index >= 15 is 0 Å². The minimum atomic E-state index is -4.30. The highest BCUT2D eigenvalue weighted by molar-refractivity contribution is 5.84. The number of aliphatic imine (C=N–C) groups is 1. The third-order valence-electron chi connectivity index (χ3n) is 3.09. The van der Waals surface area contributed by atoms with Crippen molar-refractivity contribution in [1.82, 2.24) is 0 Å². The standard InChI is InChI=1S/C17H16F3N/c1-13(21-12-14-6-3-2-4-7-14)10-15-8-5-9-16(11-15)17(18,19)20/h2-9,11H,10,12H2,1H3. The van der Waals surface area contributed by atoms with Gasteiger partial charge in [0, 0.05) is 12.1 Å². The number of hydrogen-bond acceptors (Lipinski definition) is 1. The van der Waals surface area contributed by atoms with Crippen LogP contribution in [0.1, 0.15) is 23.6 Å². The van der Waals surface area contributed by atoms with Crippen molar-refractivity contribution < 1.29 is 13.2 Å². The number of alkyl halides is 3. The lowest BCUT2D eigenvalue weighted by molar-refractivity contribution is -0.137. The van der Waals surface area contributed by atoms with Gasteiger partial charge in [-0.1, -0.05) is 48.5 Å². The normalized spacial score (nSPS) is 12.5. The number of rotatable bonds is 4. The third-order valence-corrected chi connectivity index (χ3v) is 3.09. The van der Waals surface area contributed by atoms with Crippen LogP contribution in [0, 0.1) is 0 Å². The number of halogens is 3. The average Bonchev–Trinajstić information content (AvgIpc) is 2.46. The summed E-state index contributed by atoms with van der Waals surface area (Å²) in [4.78, 5) is 4.42. The van der Waals surface area contributed by atoms with E-state index in [0.29, 0.717) is 18.5 Å². The van der Waals surface area contributed by atoms with Gasteiger partial charge in [-0.3, -0.25) is 4.99 Å². The zero-order valence-electron chi connectivity index (χ0n) is 11.7. The van der Waals surface area contributed by atoms with Crippen LogP contribution in [0.3, 0.4) is 0 Å². The Morgan fingerprint density at radius 2 is 1.62 bits per heavy atom. The Balaban J connectivity index is 2.04. The van der Waals surface area contributed by atoms with Crippen LogP contribution < -0.4 is 0 Å². The molecule has 0 saturated heterocycles. The van der Waals surface area contributed by atoms with Gasteiger partial charge >= 0.3 is 6.18 Å². The molecule has 1 nitrogen and oxygen atoms in total. The molecule has 0 heterocycles. The predicted octanol–water partition coefficient (Wildman–Crippen LogP) is 4.91. The first-order chi connectivity index (χ1) is 9.95. The number of hydrogen-bond donors (Lipinski definition) is 0. The monoisotopic (exact) mass is 291 g/mol. The molecule has 0 fully saturated rings. The summed E-state index contributed by atoms with van der Waals surface area (Å²) in [5.41, 5.74) is 1.91. The molecule has 21 heavy (non-hydrogen) atoms. The van der Waals surface area contributed by atoms with Crippen molar-refractivity contribution in [2.24, 2.45) is 4.99 Å². The molecule has 0 amide bonds. The molecule has 0 radical (unpaired) electrons. The predicted molar refractivity (Wildman–Crippen MR) is 78.4 cm³/mol. The Morgan fingerprint density at radius 3 is 2.29 bits per heavy atom. The van der Waals surface area contributed by atoms with Crippen molar-refractivity contribution in [3.05, 3.63) is 71.3 Å². The fraction of sp³-hybridized carbons (Fsp3) is 0.235. The molecule has 110 valence electrons. The first-order valence-electron chi connectivity index (χ1n) is 6.65. The van der Waals surface area contributed by atoms with Gasteiger partial charge in [0.25, 0.3) is 0 Å². The maximum absolute atomic E-state index is 12.6. The van der Waals surface area contributed by atoms with Crippen LogP contribution in [0.4, 0.5) is 13.2 Å². The molecule has 4 heteroatoms. The zero-order valence-corrected chi connectivity index (χ0v) is 11.7.